The van der Waals surface area contributed by atoms with E-state index in [1.54, 1.807) is 0 Å². The molecule has 4 rings (SSSR count). The second-order valence-electron chi connectivity index (χ2n) is 5.48. The van der Waals surface area contributed by atoms with Crippen molar-refractivity contribution >= 4 is 11.4 Å². The maximum absolute atomic E-state index is 3.68. The van der Waals surface area contributed by atoms with Crippen LogP contribution in [0.2, 0.25) is 0 Å². The fourth-order valence-corrected chi connectivity index (χ4v) is 3.21. The molecule has 2 heteroatoms. The summed E-state index contributed by atoms with van der Waals surface area (Å²) in [5.41, 5.74) is 5.46. The Hall–Kier alpha value is -2.22. The minimum Gasteiger partial charge on any atom is -0.365 e. The summed E-state index contributed by atoms with van der Waals surface area (Å²) < 4.78 is 0. The fraction of sp³-hybridized carbons (Fsp3) is 0.222. The molecule has 2 aromatic carbocycles. The molecule has 2 heterocycles. The number of para-hydroxylation sites is 2. The number of rotatable bonds is 1. The van der Waals surface area contributed by atoms with Crippen molar-refractivity contribution in [3.05, 3.63) is 71.9 Å². The summed E-state index contributed by atoms with van der Waals surface area (Å²) in [6.07, 6.45) is 8.15. The molecular weight excluding hydrogens is 244 g/mol. The molecule has 0 amide bonds. The highest BCUT2D eigenvalue weighted by Crippen LogP contribution is 2.32. The van der Waals surface area contributed by atoms with Crippen LogP contribution >= 0.6 is 0 Å². The van der Waals surface area contributed by atoms with Crippen molar-refractivity contribution in [3.8, 4) is 0 Å². The Balaban J connectivity index is 1.66. The normalized spacial score (nSPS) is 20.0. The van der Waals surface area contributed by atoms with Crippen LogP contribution < -0.4 is 10.2 Å². The number of nitrogens with zero attached hydrogens (tertiary/aromatic N) is 1. The summed E-state index contributed by atoms with van der Waals surface area (Å²) in [5, 5.41) is 3.68. The molecule has 1 N–H and O–H groups in total. The summed E-state index contributed by atoms with van der Waals surface area (Å²) in [6, 6.07) is 17.3. The lowest BCUT2D eigenvalue weighted by atomic mass is 9.99. The minimum absolute atomic E-state index is 0.350. The van der Waals surface area contributed by atoms with Crippen LogP contribution in [0, 0.1) is 0 Å². The van der Waals surface area contributed by atoms with E-state index in [1.807, 2.05) is 0 Å². The van der Waals surface area contributed by atoms with Gasteiger partial charge in [0.1, 0.15) is 6.17 Å². The first-order chi connectivity index (χ1) is 9.92. The molecule has 2 nitrogen and oxygen atoms in total. The van der Waals surface area contributed by atoms with Gasteiger partial charge in [0.15, 0.2) is 0 Å². The average molecular weight is 262 g/mol. The van der Waals surface area contributed by atoms with E-state index >= 15 is 0 Å². The predicted octanol–water partition coefficient (Wildman–Crippen LogP) is 3.95. The van der Waals surface area contributed by atoms with Gasteiger partial charge in [-0.15, -0.1) is 0 Å². The summed E-state index contributed by atoms with van der Waals surface area (Å²) in [7, 11) is 0. The van der Waals surface area contributed by atoms with Gasteiger partial charge in [0.2, 0.25) is 0 Å². The van der Waals surface area contributed by atoms with E-state index in [1.165, 1.54) is 22.5 Å². The molecule has 2 aliphatic rings. The molecule has 100 valence electrons. The van der Waals surface area contributed by atoms with Crippen molar-refractivity contribution in [2.75, 3.05) is 10.2 Å². The standard InChI is InChI=1S/C18H18N2/c1-3-9-16-14(6-1)11-12-18(19-16)20-13-5-8-15-7-2-4-10-17(15)20/h1-7,9-10,13,18-19H,8,11-12H2. The Bertz CT molecular complexity index is 660. The zero-order chi connectivity index (χ0) is 13.4. The van der Waals surface area contributed by atoms with E-state index in [0.717, 1.165) is 19.3 Å². The molecule has 1 unspecified atom stereocenters. The topological polar surface area (TPSA) is 15.3 Å². The molecule has 2 aliphatic heterocycles. The third-order valence-electron chi connectivity index (χ3n) is 4.24. The first-order valence-electron chi connectivity index (χ1n) is 7.29. The number of nitrogens with one attached hydrogen (secondary N) is 1. The number of anilines is 2. The highest BCUT2D eigenvalue weighted by Gasteiger charge is 2.24. The number of allylic oxidation sites excluding steroid dienone is 1. The number of hydrogen-bond acceptors (Lipinski definition) is 2. The minimum atomic E-state index is 0.350. The third kappa shape index (κ3) is 1.88. The molecule has 0 aliphatic carbocycles. The Morgan fingerprint density at radius 3 is 2.70 bits per heavy atom. The monoisotopic (exact) mass is 262 g/mol. The number of hydrogen-bond donors (Lipinski definition) is 1. The molecule has 0 bridgehead atoms. The van der Waals surface area contributed by atoms with Crippen molar-refractivity contribution in [3.63, 3.8) is 0 Å². The predicted molar refractivity (Wildman–Crippen MR) is 83.9 cm³/mol. The van der Waals surface area contributed by atoms with Gasteiger partial charge in [-0.1, -0.05) is 42.5 Å². The quantitative estimate of drug-likeness (QED) is 0.837. The van der Waals surface area contributed by atoms with Crippen LogP contribution in [-0.4, -0.2) is 6.17 Å². The molecule has 0 aromatic heterocycles. The van der Waals surface area contributed by atoms with Gasteiger partial charge in [-0.3, -0.25) is 0 Å². The fourth-order valence-electron chi connectivity index (χ4n) is 3.21. The second-order valence-corrected chi connectivity index (χ2v) is 5.48. The van der Waals surface area contributed by atoms with Crippen molar-refractivity contribution in [2.24, 2.45) is 0 Å². The Labute approximate surface area is 119 Å². The molecular formula is C18H18N2. The van der Waals surface area contributed by atoms with Crippen molar-refractivity contribution in [1.29, 1.82) is 0 Å². The molecule has 0 spiro atoms. The van der Waals surface area contributed by atoms with Crippen molar-refractivity contribution in [2.45, 2.75) is 25.4 Å². The first-order valence-corrected chi connectivity index (χ1v) is 7.29. The zero-order valence-electron chi connectivity index (χ0n) is 11.4. The summed E-state index contributed by atoms with van der Waals surface area (Å²) in [4.78, 5) is 2.38. The van der Waals surface area contributed by atoms with Crippen LogP contribution in [0.4, 0.5) is 11.4 Å². The van der Waals surface area contributed by atoms with E-state index in [9.17, 15) is 0 Å². The van der Waals surface area contributed by atoms with Crippen LogP contribution in [0.25, 0.3) is 0 Å². The van der Waals surface area contributed by atoms with Gasteiger partial charge < -0.3 is 10.2 Å². The Kier molecular flexibility index (Phi) is 2.73. The second kappa shape index (κ2) is 4.71. The van der Waals surface area contributed by atoms with E-state index in [4.69, 9.17) is 0 Å². The van der Waals surface area contributed by atoms with Crippen molar-refractivity contribution < 1.29 is 0 Å². The van der Waals surface area contributed by atoms with Crippen LogP contribution in [0.5, 0.6) is 0 Å². The van der Waals surface area contributed by atoms with Gasteiger partial charge in [0, 0.05) is 17.6 Å². The molecule has 20 heavy (non-hydrogen) atoms. The third-order valence-corrected chi connectivity index (χ3v) is 4.24. The summed E-state index contributed by atoms with van der Waals surface area (Å²) in [5.74, 6) is 0. The highest BCUT2D eigenvalue weighted by atomic mass is 15.3. The number of fused-ring (bicyclic) bond motifs is 2. The Morgan fingerprint density at radius 1 is 0.950 bits per heavy atom. The van der Waals surface area contributed by atoms with Gasteiger partial charge >= 0.3 is 0 Å². The lowest BCUT2D eigenvalue weighted by Crippen LogP contribution is -2.41. The number of aryl methyl sites for hydroxylation is 1. The molecule has 0 fully saturated rings. The van der Waals surface area contributed by atoms with Gasteiger partial charge in [0.05, 0.1) is 0 Å². The van der Waals surface area contributed by atoms with E-state index in [0.29, 0.717) is 6.17 Å². The van der Waals surface area contributed by atoms with Crippen LogP contribution in [0.3, 0.4) is 0 Å². The summed E-state index contributed by atoms with van der Waals surface area (Å²) >= 11 is 0. The van der Waals surface area contributed by atoms with E-state index < -0.39 is 0 Å². The maximum Gasteiger partial charge on any atom is 0.103 e. The average Bonchev–Trinajstić information content (AvgIpc) is 2.54. The van der Waals surface area contributed by atoms with Gasteiger partial charge in [-0.2, -0.15) is 0 Å². The van der Waals surface area contributed by atoms with Crippen LogP contribution in [0.1, 0.15) is 17.5 Å². The lowest BCUT2D eigenvalue weighted by Gasteiger charge is -2.38. The molecule has 0 radical (unpaired) electrons. The molecule has 0 saturated heterocycles. The smallest absolute Gasteiger partial charge is 0.103 e. The lowest BCUT2D eigenvalue weighted by molar-refractivity contribution is 0.629. The van der Waals surface area contributed by atoms with Crippen LogP contribution in [0.15, 0.2) is 60.8 Å². The Morgan fingerprint density at radius 2 is 1.75 bits per heavy atom. The van der Waals surface area contributed by atoms with Gasteiger partial charge in [-0.05, 0) is 42.5 Å². The largest absolute Gasteiger partial charge is 0.365 e. The van der Waals surface area contributed by atoms with Crippen LogP contribution in [-0.2, 0) is 12.8 Å². The van der Waals surface area contributed by atoms with E-state index in [-0.39, 0.29) is 0 Å². The van der Waals surface area contributed by atoms with Crippen molar-refractivity contribution in [1.82, 2.24) is 0 Å². The summed E-state index contributed by atoms with van der Waals surface area (Å²) in [6.45, 7) is 0. The zero-order valence-corrected chi connectivity index (χ0v) is 11.4. The first kappa shape index (κ1) is 11.6. The highest BCUT2D eigenvalue weighted by molar-refractivity contribution is 5.63. The molecule has 0 saturated carbocycles. The van der Waals surface area contributed by atoms with E-state index in [2.05, 4.69) is 71.0 Å². The molecule has 2 aromatic rings. The van der Waals surface area contributed by atoms with Gasteiger partial charge in [-0.25, -0.2) is 0 Å². The SMILES string of the molecule is C1=CN(C2CCc3ccccc3N2)c2ccccc2C1. The maximum atomic E-state index is 3.68. The van der Waals surface area contributed by atoms with Gasteiger partial charge in [0.25, 0.3) is 0 Å². The molecule has 1 atom stereocenters. The number of benzene rings is 2.